The van der Waals surface area contributed by atoms with Crippen LogP contribution in [0.3, 0.4) is 0 Å². The summed E-state index contributed by atoms with van der Waals surface area (Å²) in [6.45, 7) is 5.05. The maximum atomic E-state index is 12.2. The van der Waals surface area contributed by atoms with Gasteiger partial charge in [0.15, 0.2) is 0 Å². The number of nitrogens with one attached hydrogen (secondary N) is 2. The highest BCUT2D eigenvalue weighted by molar-refractivity contribution is 7.89. The Hall–Kier alpha value is -0.700. The number of piperazine rings is 1. The summed E-state index contributed by atoms with van der Waals surface area (Å²) in [7, 11) is -1.97. The number of nitrogens with zero attached hydrogens (tertiary/aromatic N) is 1. The molecule has 0 aliphatic carbocycles. The van der Waals surface area contributed by atoms with Gasteiger partial charge in [0.2, 0.25) is 15.9 Å². The maximum Gasteiger partial charge on any atom is 0.239 e. The zero-order valence-corrected chi connectivity index (χ0v) is 12.5. The lowest BCUT2D eigenvalue weighted by Gasteiger charge is -2.33. The van der Waals surface area contributed by atoms with E-state index in [4.69, 9.17) is 4.74 Å². The summed E-state index contributed by atoms with van der Waals surface area (Å²) < 4.78 is 31.0. The molecule has 1 heterocycles. The van der Waals surface area contributed by atoms with Crippen molar-refractivity contribution in [2.24, 2.45) is 0 Å². The van der Waals surface area contributed by atoms with Crippen LogP contribution in [-0.2, 0) is 19.6 Å². The van der Waals surface area contributed by atoms with Gasteiger partial charge in [-0.1, -0.05) is 0 Å². The Bertz CT molecular complexity index is 397. The molecule has 0 bridgehead atoms. The number of likely N-dealkylation sites (N-methyl/N-ethyl adjacent to an activating group) is 1. The zero-order valence-electron chi connectivity index (χ0n) is 11.7. The fraction of sp³-hybridized carbons (Fsp3) is 0.909. The molecule has 0 aromatic rings. The van der Waals surface area contributed by atoms with E-state index >= 15 is 0 Å². The highest BCUT2D eigenvalue weighted by atomic mass is 32.2. The molecule has 1 unspecified atom stereocenters. The Morgan fingerprint density at radius 3 is 2.79 bits per heavy atom. The first-order valence-corrected chi connectivity index (χ1v) is 8.03. The fourth-order valence-electron chi connectivity index (χ4n) is 1.92. The van der Waals surface area contributed by atoms with Crippen LogP contribution in [0.2, 0.25) is 0 Å². The largest absolute Gasteiger partial charge is 0.378 e. The van der Waals surface area contributed by atoms with Crippen LogP contribution in [0.15, 0.2) is 0 Å². The Labute approximate surface area is 114 Å². The first kappa shape index (κ1) is 16.4. The van der Waals surface area contributed by atoms with Crippen LogP contribution >= 0.6 is 0 Å². The summed E-state index contributed by atoms with van der Waals surface area (Å²) in [5, 5.41) is 5.52. The molecule has 1 aliphatic rings. The van der Waals surface area contributed by atoms with E-state index in [2.05, 4.69) is 10.6 Å². The summed E-state index contributed by atoms with van der Waals surface area (Å²) in [6, 6.07) is -0.678. The lowest BCUT2D eigenvalue weighted by atomic mass is 10.2. The Balaban J connectivity index is 2.70. The molecule has 0 aromatic carbocycles. The molecule has 112 valence electrons. The number of hydrogen-bond donors (Lipinski definition) is 2. The molecular weight excluding hydrogens is 270 g/mol. The lowest BCUT2D eigenvalue weighted by Crippen LogP contribution is -2.59. The van der Waals surface area contributed by atoms with Gasteiger partial charge >= 0.3 is 0 Å². The molecule has 1 rings (SSSR count). The molecule has 1 atom stereocenters. The quantitative estimate of drug-likeness (QED) is 0.640. The molecule has 1 saturated heterocycles. The SMILES string of the molecule is CNC(=O)C1CNCCN1S(=O)(=O)CCOC(C)C. The van der Waals surface area contributed by atoms with Gasteiger partial charge in [-0.15, -0.1) is 0 Å². The van der Waals surface area contributed by atoms with Crippen LogP contribution in [0.5, 0.6) is 0 Å². The minimum absolute atomic E-state index is 0.00652. The second-order valence-electron chi connectivity index (χ2n) is 4.68. The Kier molecular flexibility index (Phi) is 6.18. The molecular formula is C11H23N3O4S. The molecule has 1 aliphatic heterocycles. The minimum Gasteiger partial charge on any atom is -0.378 e. The van der Waals surface area contributed by atoms with Crippen LogP contribution in [0.1, 0.15) is 13.8 Å². The maximum absolute atomic E-state index is 12.2. The van der Waals surface area contributed by atoms with Crippen molar-refractivity contribution in [1.29, 1.82) is 0 Å². The van der Waals surface area contributed by atoms with Gasteiger partial charge in [-0.3, -0.25) is 4.79 Å². The third-order valence-electron chi connectivity index (χ3n) is 2.89. The van der Waals surface area contributed by atoms with E-state index in [0.717, 1.165) is 0 Å². The summed E-state index contributed by atoms with van der Waals surface area (Å²) in [4.78, 5) is 11.7. The fourth-order valence-corrected chi connectivity index (χ4v) is 3.38. The molecule has 2 N–H and O–H groups in total. The van der Waals surface area contributed by atoms with Gasteiger partial charge in [0.25, 0.3) is 0 Å². The van der Waals surface area contributed by atoms with Gasteiger partial charge in [-0.2, -0.15) is 4.31 Å². The van der Waals surface area contributed by atoms with E-state index in [-0.39, 0.29) is 24.4 Å². The van der Waals surface area contributed by atoms with Crippen molar-refractivity contribution in [3.63, 3.8) is 0 Å². The van der Waals surface area contributed by atoms with Crippen molar-refractivity contribution in [1.82, 2.24) is 14.9 Å². The van der Waals surface area contributed by atoms with Crippen LogP contribution in [0.4, 0.5) is 0 Å². The normalized spacial score (nSPS) is 21.6. The van der Waals surface area contributed by atoms with Gasteiger partial charge in [0.1, 0.15) is 6.04 Å². The molecule has 0 spiro atoms. The molecule has 0 saturated carbocycles. The van der Waals surface area contributed by atoms with Crippen molar-refractivity contribution in [3.05, 3.63) is 0 Å². The Morgan fingerprint density at radius 2 is 2.21 bits per heavy atom. The van der Waals surface area contributed by atoms with Gasteiger partial charge in [-0.25, -0.2) is 8.42 Å². The van der Waals surface area contributed by atoms with Crippen LogP contribution in [-0.4, -0.2) is 69.8 Å². The molecule has 0 aromatic heterocycles. The molecule has 1 fully saturated rings. The topological polar surface area (TPSA) is 87.7 Å². The van der Waals surface area contributed by atoms with Crippen LogP contribution in [0.25, 0.3) is 0 Å². The number of rotatable bonds is 6. The number of amides is 1. The third-order valence-corrected chi connectivity index (χ3v) is 4.73. The summed E-state index contributed by atoms with van der Waals surface area (Å²) in [5.74, 6) is -0.390. The van der Waals surface area contributed by atoms with E-state index < -0.39 is 16.1 Å². The molecule has 0 radical (unpaired) electrons. The summed E-state index contributed by atoms with van der Waals surface area (Å²) in [6.07, 6.45) is -0.00652. The number of carbonyl (C=O) groups is 1. The molecule has 7 nitrogen and oxygen atoms in total. The van der Waals surface area contributed by atoms with Crippen molar-refractivity contribution in [2.45, 2.75) is 26.0 Å². The second-order valence-corrected chi connectivity index (χ2v) is 6.72. The van der Waals surface area contributed by atoms with Crippen LogP contribution in [0, 0.1) is 0 Å². The number of carbonyl (C=O) groups excluding carboxylic acids is 1. The second kappa shape index (κ2) is 7.18. The van der Waals surface area contributed by atoms with Crippen molar-refractivity contribution < 1.29 is 17.9 Å². The Morgan fingerprint density at radius 1 is 1.53 bits per heavy atom. The molecule has 19 heavy (non-hydrogen) atoms. The summed E-state index contributed by atoms with van der Waals surface area (Å²) in [5.41, 5.74) is 0. The highest BCUT2D eigenvalue weighted by Crippen LogP contribution is 2.11. The van der Waals surface area contributed by atoms with Crippen LogP contribution < -0.4 is 10.6 Å². The molecule has 1 amide bonds. The van der Waals surface area contributed by atoms with Gasteiger partial charge in [0.05, 0.1) is 18.5 Å². The molecule has 8 heteroatoms. The van der Waals surface area contributed by atoms with Gasteiger partial charge in [-0.05, 0) is 13.8 Å². The average Bonchev–Trinajstić information content (AvgIpc) is 2.37. The third kappa shape index (κ3) is 4.72. The van der Waals surface area contributed by atoms with Crippen molar-refractivity contribution in [2.75, 3.05) is 39.0 Å². The monoisotopic (exact) mass is 293 g/mol. The number of hydrogen-bond acceptors (Lipinski definition) is 5. The average molecular weight is 293 g/mol. The number of ether oxygens (including phenoxy) is 1. The zero-order chi connectivity index (χ0) is 14.5. The number of sulfonamides is 1. The first-order valence-electron chi connectivity index (χ1n) is 6.42. The smallest absolute Gasteiger partial charge is 0.239 e. The highest BCUT2D eigenvalue weighted by Gasteiger charge is 2.35. The minimum atomic E-state index is -3.48. The van der Waals surface area contributed by atoms with E-state index in [0.29, 0.717) is 19.6 Å². The standard InChI is InChI=1S/C11H23N3O4S/c1-9(2)18-6-7-19(16,17)14-5-4-13-8-10(14)11(15)12-3/h9-10,13H,4-8H2,1-3H3,(H,12,15). The first-order chi connectivity index (χ1) is 8.88. The van der Waals surface area contributed by atoms with E-state index in [1.807, 2.05) is 13.8 Å². The van der Waals surface area contributed by atoms with E-state index in [9.17, 15) is 13.2 Å². The van der Waals surface area contributed by atoms with Crippen molar-refractivity contribution in [3.8, 4) is 0 Å². The van der Waals surface area contributed by atoms with Gasteiger partial charge in [0, 0.05) is 26.7 Å². The van der Waals surface area contributed by atoms with E-state index in [1.165, 1.54) is 11.4 Å². The van der Waals surface area contributed by atoms with Crippen molar-refractivity contribution >= 4 is 15.9 Å². The van der Waals surface area contributed by atoms with E-state index in [1.54, 1.807) is 0 Å². The van der Waals surface area contributed by atoms with Gasteiger partial charge < -0.3 is 15.4 Å². The lowest BCUT2D eigenvalue weighted by molar-refractivity contribution is -0.124. The predicted octanol–water partition coefficient (Wildman–Crippen LogP) is -1.24. The summed E-state index contributed by atoms with van der Waals surface area (Å²) >= 11 is 0. The predicted molar refractivity (Wildman–Crippen MR) is 72.3 cm³/mol.